The van der Waals surface area contributed by atoms with Crippen molar-refractivity contribution in [3.05, 3.63) is 28.4 Å². The molecule has 1 aliphatic carbocycles. The smallest absolute Gasteiger partial charge is 0.308 e. The topological polar surface area (TPSA) is 51.3 Å². The van der Waals surface area contributed by atoms with Gasteiger partial charge in [0.25, 0.3) is 0 Å². The van der Waals surface area contributed by atoms with Crippen LogP contribution in [0.2, 0.25) is 5.02 Å². The van der Waals surface area contributed by atoms with Crippen molar-refractivity contribution in [3.63, 3.8) is 0 Å². The highest BCUT2D eigenvalue weighted by Gasteiger charge is 2.31. The van der Waals surface area contributed by atoms with Gasteiger partial charge < -0.3 is 14.5 Å². The van der Waals surface area contributed by atoms with E-state index >= 15 is 0 Å². The second-order valence-electron chi connectivity index (χ2n) is 6.16. The number of nitrogens with one attached hydrogen (secondary N) is 1. The average molecular weight is 336 g/mol. The van der Waals surface area contributed by atoms with Crippen LogP contribution in [0.1, 0.15) is 31.5 Å². The van der Waals surface area contributed by atoms with Crippen molar-refractivity contribution in [3.8, 4) is 5.75 Å². The molecule has 0 fully saturated rings. The molecule has 1 aliphatic rings. The largest absolute Gasteiger partial charge is 0.495 e. The van der Waals surface area contributed by atoms with Crippen LogP contribution >= 0.6 is 11.6 Å². The summed E-state index contributed by atoms with van der Waals surface area (Å²) >= 11 is 6.20. The third-order valence-corrected chi connectivity index (χ3v) is 5.07. The number of methoxy groups -OCH3 is 1. The molecule has 124 valence electrons. The fourth-order valence-electron chi connectivity index (χ4n) is 3.55. The lowest BCUT2D eigenvalue weighted by Crippen LogP contribution is -2.28. The highest BCUT2D eigenvalue weighted by molar-refractivity contribution is 6.31. The third-order valence-electron chi connectivity index (χ3n) is 4.85. The molecule has 1 N–H and O–H groups in total. The van der Waals surface area contributed by atoms with E-state index in [1.54, 1.807) is 7.11 Å². The molecule has 0 radical (unpaired) electrons. The van der Waals surface area contributed by atoms with E-state index in [9.17, 15) is 4.79 Å². The summed E-state index contributed by atoms with van der Waals surface area (Å²) in [6.07, 6.45) is 2.77. The summed E-state index contributed by atoms with van der Waals surface area (Å²) in [5.74, 6) is 0.880. The Labute approximate surface area is 141 Å². The van der Waals surface area contributed by atoms with Crippen LogP contribution in [0.5, 0.6) is 5.75 Å². The molecule has 0 saturated carbocycles. The molecule has 0 spiro atoms. The third kappa shape index (κ3) is 2.92. The molecule has 0 aliphatic heterocycles. The molecule has 0 amide bonds. The van der Waals surface area contributed by atoms with E-state index in [-0.39, 0.29) is 11.9 Å². The van der Waals surface area contributed by atoms with Crippen LogP contribution in [-0.4, -0.2) is 24.7 Å². The number of benzene rings is 1. The van der Waals surface area contributed by atoms with Crippen molar-refractivity contribution >= 4 is 28.5 Å². The summed E-state index contributed by atoms with van der Waals surface area (Å²) in [6, 6.07) is 3.81. The number of aromatic nitrogens is 1. The van der Waals surface area contributed by atoms with Gasteiger partial charge >= 0.3 is 5.97 Å². The number of hydrogen-bond acceptors (Lipinski definition) is 3. The van der Waals surface area contributed by atoms with Crippen molar-refractivity contribution in [2.75, 3.05) is 13.7 Å². The lowest BCUT2D eigenvalue weighted by atomic mass is 9.79. The Morgan fingerprint density at radius 2 is 2.26 bits per heavy atom. The number of carbonyl (C=O) groups is 1. The summed E-state index contributed by atoms with van der Waals surface area (Å²) in [5, 5.41) is 1.81. The van der Waals surface area contributed by atoms with Gasteiger partial charge in [-0.3, -0.25) is 4.79 Å². The fraction of sp³-hybridized carbons (Fsp3) is 0.500. The van der Waals surface area contributed by atoms with Crippen molar-refractivity contribution < 1.29 is 14.3 Å². The van der Waals surface area contributed by atoms with E-state index in [2.05, 4.69) is 4.98 Å². The summed E-state index contributed by atoms with van der Waals surface area (Å²) in [6.45, 7) is 4.24. The molecule has 23 heavy (non-hydrogen) atoms. The maximum atomic E-state index is 12.0. The number of H-pyrrole nitrogens is 1. The molecule has 2 atom stereocenters. The number of esters is 1. The van der Waals surface area contributed by atoms with Crippen LogP contribution in [-0.2, 0) is 22.4 Å². The minimum absolute atomic E-state index is 0.0833. The predicted molar refractivity (Wildman–Crippen MR) is 91.2 cm³/mol. The number of fused-ring (bicyclic) bond motifs is 3. The Kier molecular flexibility index (Phi) is 4.53. The molecule has 2 aromatic rings. The Morgan fingerprint density at radius 3 is 2.96 bits per heavy atom. The standard InChI is InChI=1S/C18H22ClNO3/c1-4-23-18(21)10(2)11-5-6-13-14-8-12(19)9-16(22-3)17(14)20-15(13)7-11/h8-11,20H,4-7H2,1-3H3. The van der Waals surface area contributed by atoms with Gasteiger partial charge in [0.1, 0.15) is 5.75 Å². The lowest BCUT2D eigenvalue weighted by Gasteiger charge is -2.26. The Balaban J connectivity index is 1.92. The van der Waals surface area contributed by atoms with Gasteiger partial charge in [-0.1, -0.05) is 18.5 Å². The molecular formula is C18H22ClNO3. The second kappa shape index (κ2) is 6.44. The van der Waals surface area contributed by atoms with Gasteiger partial charge in [-0.15, -0.1) is 0 Å². The van der Waals surface area contributed by atoms with Crippen molar-refractivity contribution in [2.45, 2.75) is 33.1 Å². The normalized spacial score (nSPS) is 18.5. The van der Waals surface area contributed by atoms with Gasteiger partial charge in [0.2, 0.25) is 0 Å². The van der Waals surface area contributed by atoms with Crippen LogP contribution in [0.15, 0.2) is 12.1 Å². The number of carbonyl (C=O) groups excluding carboxylic acids is 1. The number of hydrogen-bond donors (Lipinski definition) is 1. The molecule has 1 aromatic heterocycles. The van der Waals surface area contributed by atoms with Gasteiger partial charge in [0.15, 0.2) is 0 Å². The lowest BCUT2D eigenvalue weighted by molar-refractivity contribution is -0.149. The van der Waals surface area contributed by atoms with E-state index in [1.165, 1.54) is 11.3 Å². The van der Waals surface area contributed by atoms with Gasteiger partial charge in [-0.25, -0.2) is 0 Å². The molecule has 4 nitrogen and oxygen atoms in total. The molecule has 0 saturated heterocycles. The zero-order chi connectivity index (χ0) is 16.6. The summed E-state index contributed by atoms with van der Waals surface area (Å²) < 4.78 is 10.6. The SMILES string of the molecule is CCOC(=O)C(C)C1CCc2c([nH]c3c(OC)cc(Cl)cc23)C1. The first kappa shape index (κ1) is 16.2. The molecule has 2 unspecified atom stereocenters. The van der Waals surface area contributed by atoms with Crippen molar-refractivity contribution in [1.29, 1.82) is 0 Å². The van der Waals surface area contributed by atoms with Gasteiger partial charge in [0, 0.05) is 22.2 Å². The zero-order valence-corrected chi connectivity index (χ0v) is 14.5. The highest BCUT2D eigenvalue weighted by atomic mass is 35.5. The van der Waals surface area contributed by atoms with Crippen LogP contribution < -0.4 is 4.74 Å². The number of aryl methyl sites for hydroxylation is 1. The van der Waals surface area contributed by atoms with Gasteiger partial charge in [-0.2, -0.15) is 0 Å². The Hall–Kier alpha value is -1.68. The molecule has 0 bridgehead atoms. The van der Waals surface area contributed by atoms with E-state index in [0.717, 1.165) is 35.9 Å². The van der Waals surface area contributed by atoms with Crippen LogP contribution in [0.3, 0.4) is 0 Å². The number of halogens is 1. The van der Waals surface area contributed by atoms with E-state index in [1.807, 2.05) is 26.0 Å². The van der Waals surface area contributed by atoms with Gasteiger partial charge in [0.05, 0.1) is 25.2 Å². The van der Waals surface area contributed by atoms with Crippen LogP contribution in [0, 0.1) is 11.8 Å². The second-order valence-corrected chi connectivity index (χ2v) is 6.59. The predicted octanol–water partition coefficient (Wildman–Crippen LogP) is 4.13. The number of rotatable bonds is 4. The minimum Gasteiger partial charge on any atom is -0.495 e. The number of ether oxygens (including phenoxy) is 2. The monoisotopic (exact) mass is 335 g/mol. The van der Waals surface area contributed by atoms with E-state index < -0.39 is 0 Å². The minimum atomic E-state index is -0.0994. The Morgan fingerprint density at radius 1 is 1.48 bits per heavy atom. The van der Waals surface area contributed by atoms with Gasteiger partial charge in [-0.05, 0) is 43.7 Å². The zero-order valence-electron chi connectivity index (χ0n) is 13.7. The van der Waals surface area contributed by atoms with Crippen LogP contribution in [0.4, 0.5) is 0 Å². The highest BCUT2D eigenvalue weighted by Crippen LogP contribution is 2.39. The maximum absolute atomic E-state index is 12.0. The first-order chi connectivity index (χ1) is 11.0. The number of aromatic amines is 1. The quantitative estimate of drug-likeness (QED) is 0.854. The molecular weight excluding hydrogens is 314 g/mol. The van der Waals surface area contributed by atoms with Crippen molar-refractivity contribution in [1.82, 2.24) is 4.98 Å². The molecule has 1 aromatic carbocycles. The molecule has 3 rings (SSSR count). The molecule has 1 heterocycles. The Bertz CT molecular complexity index is 737. The first-order valence-electron chi connectivity index (χ1n) is 8.08. The average Bonchev–Trinajstić information content (AvgIpc) is 2.91. The van der Waals surface area contributed by atoms with Crippen molar-refractivity contribution in [2.24, 2.45) is 11.8 Å². The first-order valence-corrected chi connectivity index (χ1v) is 8.46. The maximum Gasteiger partial charge on any atom is 0.308 e. The summed E-state index contributed by atoms with van der Waals surface area (Å²) in [4.78, 5) is 15.5. The van der Waals surface area contributed by atoms with E-state index in [0.29, 0.717) is 17.5 Å². The van der Waals surface area contributed by atoms with E-state index in [4.69, 9.17) is 21.1 Å². The van der Waals surface area contributed by atoms with Crippen LogP contribution in [0.25, 0.3) is 10.9 Å². The summed E-state index contributed by atoms with van der Waals surface area (Å²) in [7, 11) is 1.65. The summed E-state index contributed by atoms with van der Waals surface area (Å²) in [5.41, 5.74) is 3.48. The fourth-order valence-corrected chi connectivity index (χ4v) is 3.75. The molecule has 5 heteroatoms.